The molecular formula is C31H38ClN3O4S. The summed E-state index contributed by atoms with van der Waals surface area (Å²) in [5, 5.41) is 3.45. The first-order valence-corrected chi connectivity index (χ1v) is 15.3. The van der Waals surface area contributed by atoms with Crippen molar-refractivity contribution in [1.82, 2.24) is 10.2 Å². The van der Waals surface area contributed by atoms with Gasteiger partial charge in [0.1, 0.15) is 12.6 Å². The molecule has 9 heteroatoms. The highest BCUT2D eigenvalue weighted by atomic mass is 35.5. The van der Waals surface area contributed by atoms with Crippen LogP contribution in [0.25, 0.3) is 0 Å². The van der Waals surface area contributed by atoms with Crippen molar-refractivity contribution in [3.05, 3.63) is 100 Å². The largest absolute Gasteiger partial charge is 0.350 e. The van der Waals surface area contributed by atoms with Crippen molar-refractivity contribution >= 4 is 39.1 Å². The van der Waals surface area contributed by atoms with Crippen molar-refractivity contribution in [1.29, 1.82) is 0 Å². The van der Waals surface area contributed by atoms with Gasteiger partial charge in [-0.05, 0) is 75.1 Å². The van der Waals surface area contributed by atoms with E-state index in [1.54, 1.807) is 30.3 Å². The van der Waals surface area contributed by atoms with Crippen molar-refractivity contribution in [2.45, 2.75) is 59.2 Å². The van der Waals surface area contributed by atoms with E-state index in [-0.39, 0.29) is 18.9 Å². The molecule has 214 valence electrons. The molecule has 0 fully saturated rings. The van der Waals surface area contributed by atoms with Crippen LogP contribution >= 0.6 is 11.6 Å². The van der Waals surface area contributed by atoms with Gasteiger partial charge in [-0.1, -0.05) is 66.2 Å². The normalized spacial score (nSPS) is 12.5. The van der Waals surface area contributed by atoms with Gasteiger partial charge in [-0.25, -0.2) is 8.42 Å². The molecule has 0 heterocycles. The lowest BCUT2D eigenvalue weighted by molar-refractivity contribution is -0.140. The average Bonchev–Trinajstić information content (AvgIpc) is 2.86. The Morgan fingerprint density at radius 3 is 2.12 bits per heavy atom. The summed E-state index contributed by atoms with van der Waals surface area (Å²) >= 11 is 6.49. The van der Waals surface area contributed by atoms with Gasteiger partial charge in [0.25, 0.3) is 0 Å². The van der Waals surface area contributed by atoms with E-state index in [1.807, 2.05) is 77.1 Å². The van der Waals surface area contributed by atoms with Crippen molar-refractivity contribution in [3.63, 3.8) is 0 Å². The molecule has 0 aromatic heterocycles. The molecule has 0 aliphatic heterocycles. The molecule has 1 unspecified atom stereocenters. The van der Waals surface area contributed by atoms with E-state index in [0.717, 1.165) is 27.3 Å². The minimum atomic E-state index is -3.83. The fourth-order valence-electron chi connectivity index (χ4n) is 4.31. The highest BCUT2D eigenvalue weighted by Crippen LogP contribution is 2.24. The Morgan fingerprint density at radius 2 is 1.55 bits per heavy atom. The van der Waals surface area contributed by atoms with Crippen LogP contribution in [0.4, 0.5) is 5.69 Å². The Morgan fingerprint density at radius 1 is 0.925 bits per heavy atom. The van der Waals surface area contributed by atoms with Crippen molar-refractivity contribution in [3.8, 4) is 0 Å². The molecular weight excluding hydrogens is 546 g/mol. The van der Waals surface area contributed by atoms with Gasteiger partial charge < -0.3 is 10.2 Å². The van der Waals surface area contributed by atoms with Gasteiger partial charge in [0.05, 0.1) is 11.9 Å². The molecule has 3 rings (SSSR count). The summed E-state index contributed by atoms with van der Waals surface area (Å²) < 4.78 is 27.0. The molecule has 3 aromatic carbocycles. The molecule has 0 bridgehead atoms. The standard InChI is InChI=1S/C31H38ClN3O4S/c1-22-16-17-26(18-23(22)2)35(40(6,38)39)21-29(36)34(20-25-14-10-11-15-27(25)32)28(30(37)33-31(3,4)5)19-24-12-8-7-9-13-24/h7-18,28H,19-21H2,1-6H3,(H,33,37). The first kappa shape index (κ1) is 31.2. The fourth-order valence-corrected chi connectivity index (χ4v) is 5.35. The molecule has 0 spiro atoms. The van der Waals surface area contributed by atoms with E-state index in [4.69, 9.17) is 11.6 Å². The third-order valence-electron chi connectivity index (χ3n) is 6.53. The molecule has 40 heavy (non-hydrogen) atoms. The predicted octanol–water partition coefficient (Wildman–Crippen LogP) is 5.28. The third kappa shape index (κ3) is 8.57. The highest BCUT2D eigenvalue weighted by molar-refractivity contribution is 7.92. The van der Waals surface area contributed by atoms with Gasteiger partial charge in [0.15, 0.2) is 0 Å². The Balaban J connectivity index is 2.10. The smallest absolute Gasteiger partial charge is 0.244 e. The first-order chi connectivity index (χ1) is 18.7. The SMILES string of the molecule is Cc1ccc(N(CC(=O)N(Cc2ccccc2Cl)C(Cc2ccccc2)C(=O)NC(C)(C)C)S(C)(=O)=O)cc1C. The number of rotatable bonds is 10. The number of sulfonamides is 1. The summed E-state index contributed by atoms with van der Waals surface area (Å²) in [6.45, 7) is 8.99. The topological polar surface area (TPSA) is 86.8 Å². The average molecular weight is 584 g/mol. The van der Waals surface area contributed by atoms with Crippen LogP contribution in [0.15, 0.2) is 72.8 Å². The summed E-state index contributed by atoms with van der Waals surface area (Å²) in [6, 6.07) is 20.9. The number of nitrogens with one attached hydrogen (secondary N) is 1. The number of halogens is 1. The molecule has 7 nitrogen and oxygen atoms in total. The minimum absolute atomic E-state index is 0.0259. The van der Waals surface area contributed by atoms with E-state index in [1.165, 1.54) is 4.90 Å². The summed E-state index contributed by atoms with van der Waals surface area (Å²) in [5.41, 5.74) is 3.25. The number of aryl methyl sites for hydroxylation is 2. The maximum absolute atomic E-state index is 14.1. The zero-order chi connectivity index (χ0) is 29.7. The number of amides is 2. The summed E-state index contributed by atoms with van der Waals surface area (Å²) in [4.78, 5) is 29.3. The van der Waals surface area contributed by atoms with Crippen LogP contribution in [-0.4, -0.2) is 49.5 Å². The lowest BCUT2D eigenvalue weighted by atomic mass is 10.0. The van der Waals surface area contributed by atoms with E-state index in [0.29, 0.717) is 16.3 Å². The molecule has 1 atom stereocenters. The molecule has 0 aliphatic rings. The van der Waals surface area contributed by atoms with Crippen LogP contribution in [0, 0.1) is 13.8 Å². The van der Waals surface area contributed by atoms with Crippen LogP contribution < -0.4 is 9.62 Å². The number of benzene rings is 3. The number of anilines is 1. The van der Waals surface area contributed by atoms with Crippen LogP contribution in [0.5, 0.6) is 0 Å². The molecule has 0 radical (unpaired) electrons. The van der Waals surface area contributed by atoms with Gasteiger partial charge in [0.2, 0.25) is 21.8 Å². The second-order valence-electron chi connectivity index (χ2n) is 11.1. The highest BCUT2D eigenvalue weighted by Gasteiger charge is 2.34. The maximum Gasteiger partial charge on any atom is 0.244 e. The third-order valence-corrected chi connectivity index (χ3v) is 8.03. The Kier molecular flexibility index (Phi) is 10.0. The quantitative estimate of drug-likeness (QED) is 0.352. The van der Waals surface area contributed by atoms with Gasteiger partial charge in [-0.3, -0.25) is 13.9 Å². The maximum atomic E-state index is 14.1. The monoisotopic (exact) mass is 583 g/mol. The summed E-state index contributed by atoms with van der Waals surface area (Å²) in [6.07, 6.45) is 1.31. The van der Waals surface area contributed by atoms with Gasteiger partial charge in [0, 0.05) is 23.5 Å². The minimum Gasteiger partial charge on any atom is -0.350 e. The number of carbonyl (C=O) groups excluding carboxylic acids is 2. The first-order valence-electron chi connectivity index (χ1n) is 13.1. The molecule has 2 amide bonds. The van der Waals surface area contributed by atoms with Crippen LogP contribution in [0.2, 0.25) is 5.02 Å². The van der Waals surface area contributed by atoms with Crippen LogP contribution in [0.1, 0.15) is 43.0 Å². The Hall–Kier alpha value is -3.36. The van der Waals surface area contributed by atoms with Crippen LogP contribution in [0.3, 0.4) is 0 Å². The fraction of sp³-hybridized carbons (Fsp3) is 0.355. The lowest BCUT2D eigenvalue weighted by Crippen LogP contribution is -2.56. The predicted molar refractivity (Wildman–Crippen MR) is 162 cm³/mol. The second-order valence-corrected chi connectivity index (χ2v) is 13.4. The van der Waals surface area contributed by atoms with E-state index in [2.05, 4.69) is 5.32 Å². The van der Waals surface area contributed by atoms with Gasteiger partial charge in [-0.2, -0.15) is 0 Å². The number of hydrogen-bond donors (Lipinski definition) is 1. The Bertz CT molecular complexity index is 1450. The molecule has 0 saturated carbocycles. The molecule has 1 N–H and O–H groups in total. The summed E-state index contributed by atoms with van der Waals surface area (Å²) in [5.74, 6) is -0.859. The molecule has 3 aromatic rings. The summed E-state index contributed by atoms with van der Waals surface area (Å²) in [7, 11) is -3.83. The van der Waals surface area contributed by atoms with Crippen molar-refractivity contribution in [2.75, 3.05) is 17.1 Å². The Labute approximate surface area is 243 Å². The zero-order valence-electron chi connectivity index (χ0n) is 23.9. The van der Waals surface area contributed by atoms with E-state index in [9.17, 15) is 18.0 Å². The van der Waals surface area contributed by atoms with Crippen molar-refractivity contribution < 1.29 is 18.0 Å². The van der Waals surface area contributed by atoms with E-state index < -0.39 is 34.1 Å². The van der Waals surface area contributed by atoms with E-state index >= 15 is 0 Å². The lowest BCUT2D eigenvalue weighted by Gasteiger charge is -2.35. The van der Waals surface area contributed by atoms with Crippen molar-refractivity contribution in [2.24, 2.45) is 0 Å². The second kappa shape index (κ2) is 12.9. The van der Waals surface area contributed by atoms with Gasteiger partial charge >= 0.3 is 0 Å². The molecule has 0 aliphatic carbocycles. The number of carbonyl (C=O) groups is 2. The zero-order valence-corrected chi connectivity index (χ0v) is 25.5. The number of nitrogens with zero attached hydrogens (tertiary/aromatic N) is 2. The van der Waals surface area contributed by atoms with Gasteiger partial charge in [-0.15, -0.1) is 0 Å². The van der Waals surface area contributed by atoms with Crippen LogP contribution in [-0.2, 0) is 32.6 Å². The number of hydrogen-bond acceptors (Lipinski definition) is 4. The molecule has 0 saturated heterocycles.